The van der Waals surface area contributed by atoms with E-state index in [-0.39, 0.29) is 18.4 Å². The Hall–Kier alpha value is -3.74. The molecule has 0 fully saturated rings. The van der Waals surface area contributed by atoms with Gasteiger partial charge in [0.25, 0.3) is 5.91 Å². The van der Waals surface area contributed by atoms with Gasteiger partial charge in [-0.05, 0) is 55.0 Å². The third-order valence-electron chi connectivity index (χ3n) is 4.49. The van der Waals surface area contributed by atoms with E-state index in [4.69, 9.17) is 9.15 Å². The van der Waals surface area contributed by atoms with Crippen molar-refractivity contribution in [3.63, 3.8) is 0 Å². The molecule has 0 radical (unpaired) electrons. The number of unbranched alkanes of at least 4 members (excludes halogenated alkanes) is 1. The molecule has 0 atom stereocenters. The van der Waals surface area contributed by atoms with E-state index in [1.807, 2.05) is 24.3 Å². The third-order valence-corrected chi connectivity index (χ3v) is 4.49. The van der Waals surface area contributed by atoms with Crippen LogP contribution in [0.25, 0.3) is 0 Å². The van der Waals surface area contributed by atoms with Gasteiger partial charge < -0.3 is 25.1 Å². The van der Waals surface area contributed by atoms with Crippen molar-refractivity contribution in [1.82, 2.24) is 5.32 Å². The van der Waals surface area contributed by atoms with Crippen molar-refractivity contribution in [2.75, 3.05) is 23.8 Å². The lowest BCUT2D eigenvalue weighted by Crippen LogP contribution is -2.23. The summed E-state index contributed by atoms with van der Waals surface area (Å²) in [5.74, 6) is 1.06. The molecule has 3 N–H and O–H groups in total. The average Bonchev–Trinajstić information content (AvgIpc) is 3.31. The first-order chi connectivity index (χ1) is 15.1. The summed E-state index contributed by atoms with van der Waals surface area (Å²) in [5.41, 5.74) is 1.93. The van der Waals surface area contributed by atoms with Crippen LogP contribution < -0.4 is 20.7 Å². The molecule has 3 rings (SSSR count). The molecule has 0 saturated carbocycles. The molecular formula is C24H27N3O4. The lowest BCUT2D eigenvalue weighted by Gasteiger charge is -2.10. The molecule has 0 saturated heterocycles. The number of amides is 2. The molecule has 0 aliphatic carbocycles. The van der Waals surface area contributed by atoms with Gasteiger partial charge in [-0.3, -0.25) is 9.59 Å². The number of carbonyl (C=O) groups is 2. The second-order valence-electron chi connectivity index (χ2n) is 6.97. The zero-order valence-electron chi connectivity index (χ0n) is 17.5. The second kappa shape index (κ2) is 11.4. The van der Waals surface area contributed by atoms with E-state index in [2.05, 4.69) is 22.9 Å². The van der Waals surface area contributed by atoms with E-state index in [1.54, 1.807) is 42.7 Å². The molecule has 2 amide bonds. The topological polar surface area (TPSA) is 92.6 Å². The maximum Gasteiger partial charge on any atom is 0.251 e. The minimum Gasteiger partial charge on any atom is -0.494 e. The summed E-state index contributed by atoms with van der Waals surface area (Å²) < 4.78 is 10.9. The first-order valence-corrected chi connectivity index (χ1v) is 10.3. The largest absolute Gasteiger partial charge is 0.494 e. The highest BCUT2D eigenvalue weighted by molar-refractivity contribution is 5.96. The Bertz CT molecular complexity index is 969. The van der Waals surface area contributed by atoms with Crippen LogP contribution in [0.4, 0.5) is 11.4 Å². The monoisotopic (exact) mass is 421 g/mol. The van der Waals surface area contributed by atoms with Gasteiger partial charge in [0.1, 0.15) is 11.5 Å². The Kier molecular flexibility index (Phi) is 8.11. The van der Waals surface area contributed by atoms with E-state index >= 15 is 0 Å². The predicted octanol–water partition coefficient (Wildman–Crippen LogP) is 4.44. The fraction of sp³-hybridized carbons (Fsp3) is 0.250. The van der Waals surface area contributed by atoms with Gasteiger partial charge in [0.15, 0.2) is 0 Å². The van der Waals surface area contributed by atoms with Crippen LogP contribution in [0, 0.1) is 0 Å². The quantitative estimate of drug-likeness (QED) is 0.398. The molecule has 1 heterocycles. The van der Waals surface area contributed by atoms with Crippen molar-refractivity contribution >= 4 is 23.2 Å². The number of furan rings is 1. The van der Waals surface area contributed by atoms with E-state index in [0.29, 0.717) is 30.2 Å². The van der Waals surface area contributed by atoms with Crippen LogP contribution in [-0.2, 0) is 11.3 Å². The summed E-state index contributed by atoms with van der Waals surface area (Å²) in [5, 5.41) is 8.68. The van der Waals surface area contributed by atoms with Gasteiger partial charge in [-0.25, -0.2) is 0 Å². The molecule has 0 aliphatic heterocycles. The van der Waals surface area contributed by atoms with Crippen LogP contribution in [0.3, 0.4) is 0 Å². The molecule has 0 bridgehead atoms. The lowest BCUT2D eigenvalue weighted by atomic mass is 10.2. The van der Waals surface area contributed by atoms with Crippen LogP contribution in [0.1, 0.15) is 35.9 Å². The maximum atomic E-state index is 12.2. The third kappa shape index (κ3) is 7.22. The Morgan fingerprint density at radius 3 is 2.58 bits per heavy atom. The Balaban J connectivity index is 1.44. The summed E-state index contributed by atoms with van der Waals surface area (Å²) >= 11 is 0. The highest BCUT2D eigenvalue weighted by atomic mass is 16.5. The fourth-order valence-corrected chi connectivity index (χ4v) is 2.81. The number of hydrogen-bond acceptors (Lipinski definition) is 5. The fourth-order valence-electron chi connectivity index (χ4n) is 2.81. The molecule has 7 heteroatoms. The van der Waals surface area contributed by atoms with Crippen molar-refractivity contribution < 1.29 is 18.7 Å². The minimum absolute atomic E-state index is 0.115. The summed E-state index contributed by atoms with van der Waals surface area (Å²) in [6.07, 6.45) is 3.64. The number of rotatable bonds is 11. The first kappa shape index (κ1) is 22.0. The zero-order valence-corrected chi connectivity index (χ0v) is 17.5. The zero-order chi connectivity index (χ0) is 21.9. The van der Waals surface area contributed by atoms with Crippen LogP contribution >= 0.6 is 0 Å². The summed E-state index contributed by atoms with van der Waals surface area (Å²) in [7, 11) is 0. The summed E-state index contributed by atoms with van der Waals surface area (Å²) in [4.78, 5) is 24.4. The highest BCUT2D eigenvalue weighted by Gasteiger charge is 2.08. The molecule has 0 aliphatic rings. The molecule has 2 aromatic carbocycles. The minimum atomic E-state index is -0.211. The molecule has 3 aromatic rings. The van der Waals surface area contributed by atoms with Crippen LogP contribution in [0.5, 0.6) is 5.75 Å². The number of anilines is 2. The Morgan fingerprint density at radius 1 is 1.00 bits per heavy atom. The Morgan fingerprint density at radius 2 is 1.84 bits per heavy atom. The van der Waals surface area contributed by atoms with Crippen LogP contribution in [-0.4, -0.2) is 25.0 Å². The van der Waals surface area contributed by atoms with E-state index < -0.39 is 0 Å². The number of carbonyl (C=O) groups excluding carboxylic acids is 2. The normalized spacial score (nSPS) is 10.4. The molecule has 31 heavy (non-hydrogen) atoms. The van der Waals surface area contributed by atoms with Crippen LogP contribution in [0.15, 0.2) is 71.3 Å². The standard InChI is InChI=1S/C24H27N3O4/c1-2-3-13-30-21-7-4-6-20(15-21)25-17-23(28)27-19-11-9-18(10-12-19)24(29)26-16-22-8-5-14-31-22/h4-12,14-15,25H,2-3,13,16-17H2,1H3,(H,26,29)(H,27,28). The number of nitrogens with one attached hydrogen (secondary N) is 3. The molecule has 162 valence electrons. The summed E-state index contributed by atoms with van der Waals surface area (Å²) in [6.45, 7) is 3.23. The first-order valence-electron chi connectivity index (χ1n) is 10.3. The average molecular weight is 421 g/mol. The molecule has 0 spiro atoms. The molecule has 7 nitrogen and oxygen atoms in total. The predicted molar refractivity (Wildman–Crippen MR) is 120 cm³/mol. The molecular weight excluding hydrogens is 394 g/mol. The molecule has 1 aromatic heterocycles. The molecule has 0 unspecified atom stereocenters. The van der Waals surface area contributed by atoms with Gasteiger partial charge in [0.2, 0.25) is 5.91 Å². The van der Waals surface area contributed by atoms with E-state index in [0.717, 1.165) is 24.3 Å². The van der Waals surface area contributed by atoms with Gasteiger partial charge in [0.05, 0.1) is 26.0 Å². The SMILES string of the molecule is CCCCOc1cccc(NCC(=O)Nc2ccc(C(=O)NCc3ccco3)cc2)c1. The number of ether oxygens (including phenoxy) is 1. The second-order valence-corrected chi connectivity index (χ2v) is 6.97. The van der Waals surface area contributed by atoms with Gasteiger partial charge in [-0.2, -0.15) is 0 Å². The van der Waals surface area contributed by atoms with Gasteiger partial charge in [-0.1, -0.05) is 19.4 Å². The summed E-state index contributed by atoms with van der Waals surface area (Å²) in [6, 6.07) is 17.8. The smallest absolute Gasteiger partial charge is 0.251 e. The lowest BCUT2D eigenvalue weighted by molar-refractivity contribution is -0.114. The Labute approximate surface area is 181 Å². The van der Waals surface area contributed by atoms with Gasteiger partial charge in [0, 0.05) is 23.0 Å². The van der Waals surface area contributed by atoms with Crippen molar-refractivity contribution in [2.45, 2.75) is 26.3 Å². The maximum absolute atomic E-state index is 12.2. The van der Waals surface area contributed by atoms with Crippen molar-refractivity contribution in [1.29, 1.82) is 0 Å². The van der Waals surface area contributed by atoms with E-state index in [9.17, 15) is 9.59 Å². The number of benzene rings is 2. The van der Waals surface area contributed by atoms with Gasteiger partial charge >= 0.3 is 0 Å². The highest BCUT2D eigenvalue weighted by Crippen LogP contribution is 2.17. The number of hydrogen-bond donors (Lipinski definition) is 3. The van der Waals surface area contributed by atoms with E-state index in [1.165, 1.54) is 0 Å². The van der Waals surface area contributed by atoms with Gasteiger partial charge in [-0.15, -0.1) is 0 Å². The van der Waals surface area contributed by atoms with Crippen molar-refractivity contribution in [3.8, 4) is 5.75 Å². The van der Waals surface area contributed by atoms with Crippen molar-refractivity contribution in [2.24, 2.45) is 0 Å². The van der Waals surface area contributed by atoms with Crippen LogP contribution in [0.2, 0.25) is 0 Å². The van der Waals surface area contributed by atoms with Crippen molar-refractivity contribution in [3.05, 3.63) is 78.3 Å².